The molecule has 9 N–H and O–H groups in total. The summed E-state index contributed by atoms with van der Waals surface area (Å²) in [6.45, 7) is 4.98. The summed E-state index contributed by atoms with van der Waals surface area (Å²) in [5.41, 5.74) is 1.16. The van der Waals surface area contributed by atoms with Gasteiger partial charge in [0.25, 0.3) is 11.8 Å². The van der Waals surface area contributed by atoms with Gasteiger partial charge in [0.05, 0.1) is 12.7 Å². The van der Waals surface area contributed by atoms with Gasteiger partial charge in [-0.2, -0.15) is 19.9 Å². The first-order valence-electron chi connectivity index (χ1n) is 19.8. The monoisotopic (exact) mass is 876 g/mol. The number of carbonyl (C=O) groups is 3. The molecule has 8 rings (SSSR count). The van der Waals surface area contributed by atoms with Crippen molar-refractivity contribution >= 4 is 75.0 Å². The highest BCUT2D eigenvalue weighted by Gasteiger charge is 2.49. The fourth-order valence-corrected chi connectivity index (χ4v) is 8.54. The Morgan fingerprint density at radius 3 is 1.63 bits per heavy atom. The molecule has 1 aliphatic carbocycles. The van der Waals surface area contributed by atoms with Crippen LogP contribution in [0.4, 0.5) is 16.4 Å². The van der Waals surface area contributed by atoms with Gasteiger partial charge in [-0.15, -0.1) is 0 Å². The number of carbonyl (C=O) groups excluding carboxylic acids is 3. The van der Waals surface area contributed by atoms with E-state index in [4.69, 9.17) is 32.7 Å². The number of aliphatic hydroxyl groups excluding tert-OH is 4. The molecule has 4 amide bonds. The molecule has 3 saturated heterocycles. The van der Waals surface area contributed by atoms with E-state index in [-0.39, 0.29) is 46.0 Å². The summed E-state index contributed by atoms with van der Waals surface area (Å²) >= 11 is 12.6. The summed E-state index contributed by atoms with van der Waals surface area (Å²) in [4.78, 5) is 66.1. The third-order valence-electron chi connectivity index (χ3n) is 11.2. The quantitative estimate of drug-likeness (QED) is 0.0850. The number of ether oxygens (including phenoxy) is 2. The summed E-state index contributed by atoms with van der Waals surface area (Å²) in [6.07, 6.45) is -4.55. The van der Waals surface area contributed by atoms with Crippen LogP contribution < -0.4 is 26.6 Å². The second-order valence-electron chi connectivity index (χ2n) is 15.2. The largest absolute Gasteiger partial charge is 0.387 e. The van der Waals surface area contributed by atoms with Gasteiger partial charge in [0.15, 0.2) is 58.6 Å². The zero-order valence-electron chi connectivity index (χ0n) is 32.5. The Labute approximate surface area is 351 Å². The van der Waals surface area contributed by atoms with E-state index >= 15 is 0 Å². The van der Waals surface area contributed by atoms with Crippen molar-refractivity contribution in [1.82, 2.24) is 59.9 Å². The molecule has 1 saturated carbocycles. The zero-order chi connectivity index (χ0) is 42.4. The summed E-state index contributed by atoms with van der Waals surface area (Å²) in [6, 6.07) is -0.470. The molecule has 25 heteroatoms. The molecule has 4 aromatic heterocycles. The standard InChI is InChI=1S/C35H46Cl2N14O9/c1-3-38-29(56)23-19(52)21(54)31(59-23)50-12-40-17-25(45-33(36)47-27(17)50)42-14-5-7-15(8-6-14)44-35(58)49-10-9-16(11-49)43-26-18-28(48-34(37)46-26)51(13-41-18)32-22(55)20(53)24(60-32)30(57)39-4-2/h12-16,19-24,31-32,52-55H,3-11H2,1-2H3,(H,38,56)(H,39,57)(H,44,58)(H,42,45,47)(H,43,46,48)/t14?,15?,16-,19+,20+,21-,22-,23+,24+,31-,32-/m1/s1. The molecule has 7 heterocycles. The lowest BCUT2D eigenvalue weighted by atomic mass is 9.91. The van der Waals surface area contributed by atoms with Gasteiger partial charge in [-0.05, 0) is 69.2 Å². The molecule has 3 aliphatic heterocycles. The average molecular weight is 878 g/mol. The number of likely N-dealkylation sites (tertiary alicyclic amines) is 1. The molecule has 0 unspecified atom stereocenters. The van der Waals surface area contributed by atoms with Gasteiger partial charge in [-0.25, -0.2) is 14.8 Å². The predicted octanol–water partition coefficient (Wildman–Crippen LogP) is -0.597. The highest BCUT2D eigenvalue weighted by molar-refractivity contribution is 6.29. The van der Waals surface area contributed by atoms with E-state index in [1.807, 2.05) is 0 Å². The van der Waals surface area contributed by atoms with Crippen LogP contribution in [0.5, 0.6) is 0 Å². The van der Waals surface area contributed by atoms with Gasteiger partial charge in [-0.3, -0.25) is 18.7 Å². The lowest BCUT2D eigenvalue weighted by Gasteiger charge is -2.31. The number of rotatable bonds is 11. The van der Waals surface area contributed by atoms with Crippen LogP contribution in [0.15, 0.2) is 12.7 Å². The second-order valence-corrected chi connectivity index (χ2v) is 15.9. The number of nitrogens with zero attached hydrogens (tertiary/aromatic N) is 9. The number of fused-ring (bicyclic) bond motifs is 2. The van der Waals surface area contributed by atoms with Gasteiger partial charge in [0.1, 0.15) is 24.4 Å². The molecule has 0 spiro atoms. The minimum atomic E-state index is -1.48. The third kappa shape index (κ3) is 8.07. The first kappa shape index (κ1) is 42.0. The number of aromatic nitrogens is 8. The van der Waals surface area contributed by atoms with Crippen molar-refractivity contribution < 1.29 is 44.3 Å². The zero-order valence-corrected chi connectivity index (χ0v) is 34.0. The number of imidazole rings is 2. The van der Waals surface area contributed by atoms with E-state index in [0.717, 1.165) is 0 Å². The van der Waals surface area contributed by atoms with Crippen molar-refractivity contribution in [3.05, 3.63) is 23.2 Å². The maximum absolute atomic E-state index is 13.4. The lowest BCUT2D eigenvalue weighted by molar-refractivity contribution is -0.138. The molecule has 324 valence electrons. The minimum absolute atomic E-state index is 0.0226. The van der Waals surface area contributed by atoms with Gasteiger partial charge < -0.3 is 61.4 Å². The Balaban J connectivity index is 0.849. The van der Waals surface area contributed by atoms with Crippen LogP contribution in [0.25, 0.3) is 22.3 Å². The van der Waals surface area contributed by atoms with Gasteiger partial charge in [0, 0.05) is 44.3 Å². The number of hydrogen-bond acceptors (Lipinski definition) is 17. The smallest absolute Gasteiger partial charge is 0.317 e. The fraction of sp³-hybridized carbons (Fsp3) is 0.629. The van der Waals surface area contributed by atoms with E-state index in [2.05, 4.69) is 56.5 Å². The van der Waals surface area contributed by atoms with Crippen LogP contribution in [0.2, 0.25) is 10.6 Å². The molecule has 23 nitrogen and oxygen atoms in total. The van der Waals surface area contributed by atoms with Crippen LogP contribution >= 0.6 is 23.2 Å². The number of likely N-dealkylation sites (N-methyl/N-ethyl adjacent to an activating group) is 2. The first-order valence-corrected chi connectivity index (χ1v) is 20.6. The molecule has 60 heavy (non-hydrogen) atoms. The number of amides is 4. The van der Waals surface area contributed by atoms with Crippen molar-refractivity contribution in [3.8, 4) is 0 Å². The first-order chi connectivity index (χ1) is 28.8. The van der Waals surface area contributed by atoms with Crippen LogP contribution in [-0.2, 0) is 19.1 Å². The molecule has 0 bridgehead atoms. The van der Waals surface area contributed by atoms with E-state index < -0.39 is 60.9 Å². The molecular formula is C35H46Cl2N14O9. The van der Waals surface area contributed by atoms with Crippen molar-refractivity contribution in [2.45, 2.75) is 113 Å². The van der Waals surface area contributed by atoms with Crippen molar-refractivity contribution in [2.75, 3.05) is 36.8 Å². The Morgan fingerprint density at radius 2 is 1.15 bits per heavy atom. The van der Waals surface area contributed by atoms with E-state index in [1.165, 1.54) is 21.8 Å². The molecule has 9 atom stereocenters. The van der Waals surface area contributed by atoms with E-state index in [0.29, 0.717) is 81.0 Å². The fourth-order valence-electron chi connectivity index (χ4n) is 8.21. The van der Waals surface area contributed by atoms with E-state index in [1.54, 1.807) is 18.7 Å². The molecule has 4 fully saturated rings. The van der Waals surface area contributed by atoms with Gasteiger partial charge >= 0.3 is 6.03 Å². The predicted molar refractivity (Wildman–Crippen MR) is 212 cm³/mol. The van der Waals surface area contributed by atoms with Gasteiger partial charge in [-0.1, -0.05) is 0 Å². The Kier molecular flexibility index (Phi) is 12.1. The number of nitrogens with one attached hydrogen (secondary N) is 5. The van der Waals surface area contributed by atoms with E-state index in [9.17, 15) is 34.8 Å². The summed E-state index contributed by atoms with van der Waals surface area (Å²) in [5, 5.41) is 57.5. The van der Waals surface area contributed by atoms with Crippen molar-refractivity contribution in [1.29, 1.82) is 0 Å². The Bertz CT molecular complexity index is 2240. The van der Waals surface area contributed by atoms with Crippen LogP contribution in [0.3, 0.4) is 0 Å². The molecule has 0 aromatic carbocycles. The van der Waals surface area contributed by atoms with Crippen LogP contribution in [0.1, 0.15) is 58.4 Å². The normalized spacial score (nSPS) is 30.5. The molecule has 4 aliphatic rings. The molecular weight excluding hydrogens is 831 g/mol. The minimum Gasteiger partial charge on any atom is -0.387 e. The third-order valence-corrected chi connectivity index (χ3v) is 11.6. The number of urea groups is 1. The lowest BCUT2D eigenvalue weighted by Crippen LogP contribution is -2.46. The Morgan fingerprint density at radius 1 is 0.683 bits per heavy atom. The number of hydrogen-bond donors (Lipinski definition) is 9. The molecule has 0 radical (unpaired) electrons. The number of aliphatic hydroxyl groups is 4. The summed E-state index contributed by atoms with van der Waals surface area (Å²) in [5.74, 6) is -0.410. The average Bonchev–Trinajstić information content (AvgIpc) is 4.05. The van der Waals surface area contributed by atoms with Crippen molar-refractivity contribution in [3.63, 3.8) is 0 Å². The summed E-state index contributed by atoms with van der Waals surface area (Å²) < 4.78 is 14.3. The van der Waals surface area contributed by atoms with Crippen LogP contribution in [0, 0.1) is 0 Å². The van der Waals surface area contributed by atoms with Crippen LogP contribution in [-0.4, -0.2) is 163 Å². The topological polar surface area (TPSA) is 301 Å². The Hall–Kier alpha value is -4.75. The molecule has 4 aromatic rings. The SMILES string of the molecule is CCNC(=O)[C@H]1O[C@@H](n2cnc3c(NC4CCC(NC(=O)N5CC[C@@H](Nc6nc(Cl)nc7c6ncn7[C@@H]6O[C@H](C(=O)NCC)[C@@H](O)[C@H]6O)C5)CC4)nc(Cl)nc32)[C@H](O)[C@@H]1O. The highest BCUT2D eigenvalue weighted by Crippen LogP contribution is 2.35. The highest BCUT2D eigenvalue weighted by atomic mass is 35.5. The second kappa shape index (κ2) is 17.3. The summed E-state index contributed by atoms with van der Waals surface area (Å²) in [7, 11) is 0. The number of halogens is 2. The van der Waals surface area contributed by atoms with Gasteiger partial charge in [0.2, 0.25) is 10.6 Å². The van der Waals surface area contributed by atoms with Crippen molar-refractivity contribution in [2.24, 2.45) is 0 Å². The number of anilines is 2. The maximum atomic E-state index is 13.4. The maximum Gasteiger partial charge on any atom is 0.317 e.